The lowest BCUT2D eigenvalue weighted by Crippen LogP contribution is -2.38. The molecule has 0 radical (unpaired) electrons. The summed E-state index contributed by atoms with van der Waals surface area (Å²) in [6, 6.07) is 8.34. The molecule has 0 spiro atoms. The molecule has 0 saturated carbocycles. The molecule has 1 atom stereocenters. The van der Waals surface area contributed by atoms with Crippen molar-refractivity contribution < 1.29 is 23.5 Å². The van der Waals surface area contributed by atoms with E-state index in [4.69, 9.17) is 13.9 Å². The zero-order valence-electron chi connectivity index (χ0n) is 17.8. The van der Waals surface area contributed by atoms with Crippen LogP contribution in [0.4, 0.5) is 5.00 Å². The maximum absolute atomic E-state index is 13.0. The summed E-state index contributed by atoms with van der Waals surface area (Å²) >= 11 is 1.65. The average molecular weight is 454 g/mol. The smallest absolute Gasteiger partial charge is 0.379 e. The Morgan fingerprint density at radius 1 is 1.28 bits per heavy atom. The first-order valence-electron chi connectivity index (χ1n) is 10.4. The van der Waals surface area contributed by atoms with Crippen LogP contribution < -0.4 is 20.1 Å². The molecule has 1 amide bonds. The summed E-state index contributed by atoms with van der Waals surface area (Å²) < 4.78 is 15.9. The summed E-state index contributed by atoms with van der Waals surface area (Å²) in [5, 5.41) is 7.40. The third-order valence-corrected chi connectivity index (χ3v) is 6.96. The quantitative estimate of drug-likeness (QED) is 0.448. The van der Waals surface area contributed by atoms with Crippen LogP contribution in [-0.4, -0.2) is 37.0 Å². The summed E-state index contributed by atoms with van der Waals surface area (Å²) in [4.78, 5) is 28.8. The van der Waals surface area contributed by atoms with Gasteiger partial charge in [0.15, 0.2) is 11.5 Å². The third-order valence-electron chi connectivity index (χ3n) is 5.81. The largest absolute Gasteiger partial charge is 0.493 e. The minimum atomic E-state index is -0.611. The Balaban J connectivity index is 1.38. The van der Waals surface area contributed by atoms with Crippen LogP contribution in [0.15, 0.2) is 41.0 Å². The van der Waals surface area contributed by atoms with E-state index in [1.807, 2.05) is 0 Å². The van der Waals surface area contributed by atoms with E-state index >= 15 is 0 Å². The van der Waals surface area contributed by atoms with Gasteiger partial charge >= 0.3 is 5.97 Å². The van der Waals surface area contributed by atoms with Crippen molar-refractivity contribution in [1.29, 1.82) is 0 Å². The topological polar surface area (TPSA) is 93.0 Å². The number of carbonyl (C=O) groups excluding carboxylic acids is 2. The Kier molecular flexibility index (Phi) is 5.36. The molecule has 2 aromatic heterocycles. The van der Waals surface area contributed by atoms with Crippen molar-refractivity contribution in [2.24, 2.45) is 0 Å². The molecular formula is C23H23N3O5S. The number of rotatable bonds is 5. The number of fused-ring (bicyclic) bond motifs is 3. The highest BCUT2D eigenvalue weighted by Crippen LogP contribution is 2.41. The summed E-state index contributed by atoms with van der Waals surface area (Å²) in [5.41, 5.74) is 2.73. The molecule has 3 aromatic rings. The first-order valence-corrected chi connectivity index (χ1v) is 11.3. The van der Waals surface area contributed by atoms with E-state index in [1.165, 1.54) is 24.3 Å². The molecule has 0 fully saturated rings. The van der Waals surface area contributed by atoms with Gasteiger partial charge in [-0.05, 0) is 48.4 Å². The van der Waals surface area contributed by atoms with E-state index in [9.17, 15) is 9.59 Å². The normalized spacial score (nSPS) is 17.7. The Morgan fingerprint density at radius 3 is 2.91 bits per heavy atom. The predicted octanol–water partition coefficient (Wildman–Crippen LogP) is 3.80. The van der Waals surface area contributed by atoms with Crippen molar-refractivity contribution >= 4 is 28.2 Å². The predicted molar refractivity (Wildman–Crippen MR) is 119 cm³/mol. The SMILES string of the molecule is CCN1CCc2c(sc3c2C(=O)NC(c2ccc(OC(=O)c4ccco4)c(OC)c2)N3)C1. The van der Waals surface area contributed by atoms with Gasteiger partial charge in [0.05, 0.1) is 18.9 Å². The van der Waals surface area contributed by atoms with Gasteiger partial charge < -0.3 is 24.5 Å². The number of benzene rings is 1. The molecule has 0 bridgehead atoms. The van der Waals surface area contributed by atoms with Crippen molar-refractivity contribution in [3.05, 3.63) is 63.9 Å². The van der Waals surface area contributed by atoms with Crippen LogP contribution in [0.3, 0.4) is 0 Å². The van der Waals surface area contributed by atoms with Crippen LogP contribution in [0.2, 0.25) is 0 Å². The van der Waals surface area contributed by atoms with Gasteiger partial charge in [-0.3, -0.25) is 9.69 Å². The van der Waals surface area contributed by atoms with Gasteiger partial charge in [-0.1, -0.05) is 13.0 Å². The van der Waals surface area contributed by atoms with Crippen LogP contribution >= 0.6 is 11.3 Å². The summed E-state index contributed by atoms with van der Waals surface area (Å²) in [6.45, 7) is 5.01. The Morgan fingerprint density at radius 2 is 2.16 bits per heavy atom. The molecule has 1 unspecified atom stereocenters. The minimum absolute atomic E-state index is 0.0708. The molecule has 1 aromatic carbocycles. The van der Waals surface area contributed by atoms with Gasteiger partial charge in [0, 0.05) is 18.0 Å². The Bertz CT molecular complexity index is 1170. The number of esters is 1. The third kappa shape index (κ3) is 3.63. The van der Waals surface area contributed by atoms with E-state index < -0.39 is 12.1 Å². The molecule has 5 rings (SSSR count). The van der Waals surface area contributed by atoms with Crippen LogP contribution in [0, 0.1) is 0 Å². The lowest BCUT2D eigenvalue weighted by molar-refractivity contribution is 0.0696. The lowest BCUT2D eigenvalue weighted by atomic mass is 10.0. The fourth-order valence-corrected chi connectivity index (χ4v) is 5.41. The van der Waals surface area contributed by atoms with Gasteiger partial charge in [0.1, 0.15) is 11.2 Å². The van der Waals surface area contributed by atoms with Crippen molar-refractivity contribution in [3.63, 3.8) is 0 Å². The first-order chi connectivity index (χ1) is 15.6. The lowest BCUT2D eigenvalue weighted by Gasteiger charge is -2.28. The summed E-state index contributed by atoms with van der Waals surface area (Å²) in [7, 11) is 1.50. The molecule has 0 aliphatic carbocycles. The van der Waals surface area contributed by atoms with Gasteiger partial charge in [0.25, 0.3) is 5.91 Å². The molecule has 8 nitrogen and oxygen atoms in total. The van der Waals surface area contributed by atoms with Gasteiger partial charge in [-0.15, -0.1) is 11.3 Å². The summed E-state index contributed by atoms with van der Waals surface area (Å²) in [6.07, 6.45) is 1.88. The molecule has 2 aliphatic rings. The Labute approximate surface area is 189 Å². The number of nitrogens with zero attached hydrogens (tertiary/aromatic N) is 1. The molecule has 2 N–H and O–H groups in total. The number of hydrogen-bond donors (Lipinski definition) is 2. The number of hydrogen-bond acceptors (Lipinski definition) is 8. The fourth-order valence-electron chi connectivity index (χ4n) is 4.10. The zero-order valence-corrected chi connectivity index (χ0v) is 18.6. The van der Waals surface area contributed by atoms with E-state index in [1.54, 1.807) is 35.6 Å². The van der Waals surface area contributed by atoms with Gasteiger partial charge in [0.2, 0.25) is 5.76 Å². The van der Waals surface area contributed by atoms with Crippen LogP contribution in [0.1, 0.15) is 50.0 Å². The van der Waals surface area contributed by atoms with Crippen LogP contribution in [0.25, 0.3) is 0 Å². The highest BCUT2D eigenvalue weighted by atomic mass is 32.1. The number of carbonyl (C=O) groups is 2. The molecule has 32 heavy (non-hydrogen) atoms. The van der Waals surface area contributed by atoms with Gasteiger partial charge in [-0.2, -0.15) is 0 Å². The fraction of sp³-hybridized carbons (Fsp3) is 0.304. The summed E-state index contributed by atoms with van der Waals surface area (Å²) in [5.74, 6) is 0.0757. The van der Waals surface area contributed by atoms with E-state index in [0.717, 1.165) is 47.7 Å². The Hall–Kier alpha value is -3.30. The zero-order chi connectivity index (χ0) is 22.2. The number of furan rings is 1. The number of nitrogens with one attached hydrogen (secondary N) is 2. The number of anilines is 1. The van der Waals surface area contributed by atoms with Crippen molar-refractivity contribution in [2.75, 3.05) is 25.5 Å². The number of ether oxygens (including phenoxy) is 2. The number of likely N-dealkylation sites (N-methyl/N-ethyl adjacent to an activating group) is 1. The highest BCUT2D eigenvalue weighted by molar-refractivity contribution is 7.16. The molecule has 166 valence electrons. The van der Waals surface area contributed by atoms with E-state index in [2.05, 4.69) is 22.5 Å². The minimum Gasteiger partial charge on any atom is -0.493 e. The number of methoxy groups -OCH3 is 1. The standard InChI is InChI=1S/C23H23N3O5S/c1-3-26-9-8-14-18(12-26)32-22-19(14)21(27)24-20(25-22)13-6-7-15(17(11-13)29-2)31-23(28)16-5-4-10-30-16/h4-7,10-11,20,25H,3,8-9,12H2,1-2H3,(H,24,27). The highest BCUT2D eigenvalue weighted by Gasteiger charge is 2.33. The second-order valence-electron chi connectivity index (χ2n) is 7.65. The van der Waals surface area contributed by atoms with Gasteiger partial charge in [-0.25, -0.2) is 4.79 Å². The van der Waals surface area contributed by atoms with Crippen molar-refractivity contribution in [2.45, 2.75) is 26.1 Å². The van der Waals surface area contributed by atoms with Crippen LogP contribution in [0.5, 0.6) is 11.5 Å². The first kappa shape index (κ1) is 20.6. The maximum Gasteiger partial charge on any atom is 0.379 e. The van der Waals surface area contributed by atoms with Crippen LogP contribution in [-0.2, 0) is 13.0 Å². The monoisotopic (exact) mass is 453 g/mol. The average Bonchev–Trinajstić information content (AvgIpc) is 3.46. The molecule has 0 saturated heterocycles. The molecule has 9 heteroatoms. The van der Waals surface area contributed by atoms with E-state index in [0.29, 0.717) is 5.75 Å². The number of thiophene rings is 1. The van der Waals surface area contributed by atoms with Crippen molar-refractivity contribution in [1.82, 2.24) is 10.2 Å². The van der Waals surface area contributed by atoms with Crippen molar-refractivity contribution in [3.8, 4) is 11.5 Å². The molecule has 4 heterocycles. The second-order valence-corrected chi connectivity index (χ2v) is 8.76. The molecule has 2 aliphatic heterocycles. The maximum atomic E-state index is 13.0. The number of amides is 1. The van der Waals surface area contributed by atoms with E-state index in [-0.39, 0.29) is 17.4 Å². The molecular weight excluding hydrogens is 430 g/mol. The second kappa shape index (κ2) is 8.33.